The molecule has 0 aromatic rings. The van der Waals surface area contributed by atoms with Gasteiger partial charge in [0.2, 0.25) is 11.8 Å². The van der Waals surface area contributed by atoms with Gasteiger partial charge in [0, 0.05) is 13.3 Å². The predicted octanol–water partition coefficient (Wildman–Crippen LogP) is -1.54. The molecule has 6 fully saturated rings. The highest BCUT2D eigenvalue weighted by Gasteiger charge is 2.59. The molecule has 0 aromatic heterocycles. The summed E-state index contributed by atoms with van der Waals surface area (Å²) in [6, 6.07) is -2.97. The summed E-state index contributed by atoms with van der Waals surface area (Å²) < 4.78 is 71.8. The van der Waals surface area contributed by atoms with Crippen molar-refractivity contribution < 1.29 is 158 Å². The number of carbonyl (C=O) groups is 2. The van der Waals surface area contributed by atoms with E-state index in [4.69, 9.17) is 56.8 Å². The number of ether oxygens (including phenoxy) is 12. The normalized spacial score (nSPS) is 38.2. The standard InChI is InChI=1S/C74H134N2O32/c1-5-7-9-11-13-15-17-19-20-22-24-26-28-30-32-34-50(84)76-43(44(83)33-31-29-27-25-23-21-18-16-14-12-10-8-6-2)40-97-70-62(95)59(92)64(49(39-81)103-70)104-73-63(96)66(55(88)47(37-79)101-73)106-69-51(75-42(4)82)65(54(87)46(36-78)99-69)105-74-68(108-71-60(93)57(90)52(85)41(3)98-71)67(56(89)48(38-80)102-74)107-72-61(94)58(91)53(86)45(35-77)100-72/h31,33,41,43-49,51-74,77-81,83,85-96H,5-30,32,34-40H2,1-4H3,(H,75,82)(H,76,84)/b33-31+/t41?,43-,44+,45?,46?,47?,48?,49?,51?,52+,53-,54+,55-,56-,57?,58-,59+,60-,61?,62?,63?,64+,65+,66-,67-,68?,69-,70+,71+,72+,73-,74-/m0/s1. The van der Waals surface area contributed by atoms with E-state index in [2.05, 4.69) is 24.5 Å². The molecule has 0 bridgehead atoms. The highest BCUT2D eigenvalue weighted by Crippen LogP contribution is 2.39. The van der Waals surface area contributed by atoms with Gasteiger partial charge in [0.25, 0.3) is 0 Å². The summed E-state index contributed by atoms with van der Waals surface area (Å²) in [6.45, 7) is 1.20. The molecule has 632 valence electrons. The Morgan fingerprint density at radius 2 is 0.759 bits per heavy atom. The van der Waals surface area contributed by atoms with Crippen LogP contribution in [0.15, 0.2) is 12.2 Å². The second-order valence-electron chi connectivity index (χ2n) is 29.9. The lowest BCUT2D eigenvalue weighted by atomic mass is 9.94. The molecule has 2 amide bonds. The average molecular weight is 1560 g/mol. The van der Waals surface area contributed by atoms with Gasteiger partial charge in [-0.25, -0.2) is 0 Å². The number of hydrogen-bond acceptors (Lipinski definition) is 32. The molecular formula is C74H134N2O32. The van der Waals surface area contributed by atoms with Crippen LogP contribution in [0.25, 0.3) is 0 Å². The zero-order chi connectivity index (χ0) is 79.0. The zero-order valence-corrected chi connectivity index (χ0v) is 63.4. The molecule has 34 heteroatoms. The molecule has 0 radical (unpaired) electrons. The Hall–Kier alpha value is -2.52. The molecule has 0 aliphatic carbocycles. The molecule has 6 saturated heterocycles. The largest absolute Gasteiger partial charge is 0.394 e. The lowest BCUT2D eigenvalue weighted by Crippen LogP contribution is -2.71. The van der Waals surface area contributed by atoms with Crippen LogP contribution in [-0.2, 0) is 66.4 Å². The lowest BCUT2D eigenvalue weighted by Gasteiger charge is -2.51. The van der Waals surface area contributed by atoms with Gasteiger partial charge in [0.15, 0.2) is 37.7 Å². The summed E-state index contributed by atoms with van der Waals surface area (Å²) in [6.07, 6.45) is -23.3. The Balaban J connectivity index is 1.15. The maximum atomic E-state index is 13.6. The molecule has 6 rings (SSSR count). The summed E-state index contributed by atoms with van der Waals surface area (Å²) in [5.41, 5.74) is 0. The molecule has 6 aliphatic heterocycles. The summed E-state index contributed by atoms with van der Waals surface area (Å²) >= 11 is 0. The van der Waals surface area contributed by atoms with Crippen LogP contribution in [0.3, 0.4) is 0 Å². The maximum Gasteiger partial charge on any atom is 0.220 e. The van der Waals surface area contributed by atoms with Crippen molar-refractivity contribution in [1.82, 2.24) is 10.6 Å². The third kappa shape index (κ3) is 28.2. The number of aliphatic hydroxyl groups is 18. The fourth-order valence-electron chi connectivity index (χ4n) is 14.6. The minimum atomic E-state index is -2.24. The van der Waals surface area contributed by atoms with E-state index in [1.807, 2.05) is 6.08 Å². The maximum absolute atomic E-state index is 13.6. The summed E-state index contributed by atoms with van der Waals surface area (Å²) in [5, 5.41) is 206. The van der Waals surface area contributed by atoms with E-state index >= 15 is 0 Å². The minimum Gasteiger partial charge on any atom is -0.394 e. The van der Waals surface area contributed by atoms with Crippen LogP contribution in [0, 0.1) is 0 Å². The van der Waals surface area contributed by atoms with E-state index < -0.39 is 242 Å². The smallest absolute Gasteiger partial charge is 0.220 e. The van der Waals surface area contributed by atoms with Crippen LogP contribution in [0.5, 0.6) is 0 Å². The number of allylic oxidation sites excluding steroid dienone is 1. The highest BCUT2D eigenvalue weighted by molar-refractivity contribution is 5.76. The third-order valence-corrected chi connectivity index (χ3v) is 21.3. The average Bonchev–Trinajstić information content (AvgIpc) is 0.763. The number of unbranched alkanes of at least 4 members (excludes halogenated alkanes) is 25. The number of carbonyl (C=O) groups excluding carboxylic acids is 2. The van der Waals surface area contributed by atoms with Crippen LogP contribution in [0.1, 0.15) is 207 Å². The predicted molar refractivity (Wildman–Crippen MR) is 381 cm³/mol. The number of aliphatic hydroxyl groups excluding tert-OH is 18. The van der Waals surface area contributed by atoms with E-state index in [9.17, 15) is 102 Å². The van der Waals surface area contributed by atoms with Crippen LogP contribution in [0.2, 0.25) is 0 Å². The van der Waals surface area contributed by atoms with Crippen molar-refractivity contribution in [2.75, 3.05) is 39.6 Å². The second-order valence-corrected chi connectivity index (χ2v) is 29.9. The van der Waals surface area contributed by atoms with Gasteiger partial charge in [-0.15, -0.1) is 0 Å². The molecule has 6 heterocycles. The fraction of sp³-hybridized carbons (Fsp3) is 0.946. The monoisotopic (exact) mass is 1560 g/mol. The Kier molecular flexibility index (Phi) is 43.7. The van der Waals surface area contributed by atoms with Crippen molar-refractivity contribution in [3.05, 3.63) is 12.2 Å². The first-order valence-corrected chi connectivity index (χ1v) is 39.8. The van der Waals surface area contributed by atoms with Gasteiger partial charge in [-0.3, -0.25) is 9.59 Å². The molecule has 0 saturated carbocycles. The van der Waals surface area contributed by atoms with Gasteiger partial charge >= 0.3 is 0 Å². The number of nitrogens with one attached hydrogen (secondary N) is 2. The molecular weight excluding hydrogens is 1430 g/mol. The Morgan fingerprint density at radius 3 is 1.27 bits per heavy atom. The Bertz CT molecular complexity index is 2450. The van der Waals surface area contributed by atoms with Crippen LogP contribution in [0.4, 0.5) is 0 Å². The molecule has 34 nitrogen and oxygen atoms in total. The van der Waals surface area contributed by atoms with E-state index in [0.29, 0.717) is 12.8 Å². The van der Waals surface area contributed by atoms with Crippen LogP contribution >= 0.6 is 0 Å². The minimum absolute atomic E-state index is 0.171. The second kappa shape index (κ2) is 50.1. The van der Waals surface area contributed by atoms with Crippen molar-refractivity contribution >= 4 is 11.8 Å². The SMILES string of the molecule is CCCCCCCCCCCCC/C=C/[C@@H](O)[C@H](CO[C@@H]1OC(CO)[C@@H](O[C@@H]2OC(CO)[C@H](O)[C@H](O[C@@H]3OC(CO)[C@@H](O)[C@H](O[C@@H]4OC(CO)[C@H](O)[C@H](O[C@H]5OC(CO)[C@H](O)[C@H](O)C5O)C4O[C@H]4OC(C)[C@@H](O)C(O)[C@@H]4O)C3NC(C)=O)C2O)[C@H](O)C1O)NC(=O)CCCCCCCCCCCCCCCCC. The third-order valence-electron chi connectivity index (χ3n) is 21.3. The molecule has 20 N–H and O–H groups in total. The first kappa shape index (κ1) is 94.3. The van der Waals surface area contributed by atoms with Crippen LogP contribution in [-0.4, -0.2) is 340 Å². The summed E-state index contributed by atoms with van der Waals surface area (Å²) in [4.78, 5) is 26.8. The van der Waals surface area contributed by atoms with E-state index in [1.165, 1.54) is 116 Å². The van der Waals surface area contributed by atoms with Crippen molar-refractivity contribution in [2.45, 2.75) is 404 Å². The molecule has 6 aliphatic rings. The van der Waals surface area contributed by atoms with E-state index in [1.54, 1.807) is 6.08 Å². The van der Waals surface area contributed by atoms with Gasteiger partial charge < -0.3 is 159 Å². The zero-order valence-electron chi connectivity index (χ0n) is 63.4. The van der Waals surface area contributed by atoms with Crippen LogP contribution < -0.4 is 10.6 Å². The van der Waals surface area contributed by atoms with Crippen molar-refractivity contribution in [3.63, 3.8) is 0 Å². The fourth-order valence-corrected chi connectivity index (χ4v) is 14.6. The first-order valence-electron chi connectivity index (χ1n) is 39.8. The van der Waals surface area contributed by atoms with Crippen molar-refractivity contribution in [2.24, 2.45) is 0 Å². The Morgan fingerprint density at radius 1 is 0.380 bits per heavy atom. The molecule has 108 heavy (non-hydrogen) atoms. The summed E-state index contributed by atoms with van der Waals surface area (Å²) in [5.74, 6) is -1.25. The van der Waals surface area contributed by atoms with Gasteiger partial charge in [-0.1, -0.05) is 180 Å². The van der Waals surface area contributed by atoms with Gasteiger partial charge in [0.05, 0.1) is 57.9 Å². The van der Waals surface area contributed by atoms with Gasteiger partial charge in [0.1, 0.15) is 140 Å². The van der Waals surface area contributed by atoms with E-state index in [-0.39, 0.29) is 12.3 Å². The number of rotatable bonds is 50. The Labute approximate surface area is 634 Å². The van der Waals surface area contributed by atoms with Gasteiger partial charge in [-0.05, 0) is 26.2 Å². The quantitative estimate of drug-likeness (QED) is 0.0242. The van der Waals surface area contributed by atoms with Crippen molar-refractivity contribution in [1.29, 1.82) is 0 Å². The van der Waals surface area contributed by atoms with Crippen molar-refractivity contribution in [3.8, 4) is 0 Å². The molecule has 0 aromatic carbocycles. The molecule has 12 unspecified atom stereocenters. The summed E-state index contributed by atoms with van der Waals surface area (Å²) in [7, 11) is 0. The highest BCUT2D eigenvalue weighted by atomic mass is 16.8. The number of amides is 2. The molecule has 0 spiro atoms. The van der Waals surface area contributed by atoms with Gasteiger partial charge in [-0.2, -0.15) is 0 Å². The lowest BCUT2D eigenvalue weighted by molar-refractivity contribution is -0.404. The number of hydrogen-bond donors (Lipinski definition) is 20. The topological polar surface area (TPSA) is 533 Å². The molecule has 32 atom stereocenters. The first-order chi connectivity index (χ1) is 51.9. The van der Waals surface area contributed by atoms with E-state index in [0.717, 1.165) is 58.3 Å².